The number of carboxylic acid groups (broad SMARTS) is 1. The summed E-state index contributed by atoms with van der Waals surface area (Å²) in [6.07, 6.45) is 0.978. The Morgan fingerprint density at radius 3 is 2.84 bits per heavy atom. The number of carbonyl (C=O) groups excluding carboxylic acids is 1. The third-order valence-electron chi connectivity index (χ3n) is 2.88. The first-order chi connectivity index (χ1) is 8.99. The van der Waals surface area contributed by atoms with E-state index in [1.54, 1.807) is 0 Å². The fourth-order valence-corrected chi connectivity index (χ4v) is 3.29. The highest BCUT2D eigenvalue weighted by Gasteiger charge is 2.26. The molecule has 5 nitrogen and oxygen atoms in total. The van der Waals surface area contributed by atoms with Crippen molar-refractivity contribution >= 4 is 28.2 Å². The van der Waals surface area contributed by atoms with Crippen LogP contribution in [0.3, 0.4) is 0 Å². The largest absolute Gasteiger partial charge is 0.478 e. The smallest absolute Gasteiger partial charge is 0.339 e. The Kier molecular flexibility index (Phi) is 4.21. The Morgan fingerprint density at radius 1 is 1.47 bits per heavy atom. The van der Waals surface area contributed by atoms with Crippen molar-refractivity contribution < 1.29 is 19.4 Å². The number of hydrogen-bond donors (Lipinski definition) is 2. The van der Waals surface area contributed by atoms with Gasteiger partial charge in [-0.25, -0.2) is 4.79 Å². The van der Waals surface area contributed by atoms with Crippen LogP contribution in [0, 0.1) is 5.92 Å². The van der Waals surface area contributed by atoms with Crippen LogP contribution < -0.4 is 5.32 Å². The predicted molar refractivity (Wildman–Crippen MR) is 72.7 cm³/mol. The van der Waals surface area contributed by atoms with E-state index in [0.717, 1.165) is 10.4 Å². The van der Waals surface area contributed by atoms with Crippen LogP contribution in [0.4, 0.5) is 5.00 Å². The maximum atomic E-state index is 11.8. The van der Waals surface area contributed by atoms with Crippen molar-refractivity contribution in [3.05, 3.63) is 16.0 Å². The van der Waals surface area contributed by atoms with E-state index in [0.29, 0.717) is 31.1 Å². The second-order valence-corrected chi connectivity index (χ2v) is 6.07. The van der Waals surface area contributed by atoms with Crippen molar-refractivity contribution in [3.63, 3.8) is 0 Å². The lowest BCUT2D eigenvalue weighted by Crippen LogP contribution is -2.16. The molecule has 0 saturated carbocycles. The minimum absolute atomic E-state index is 0.142. The zero-order valence-corrected chi connectivity index (χ0v) is 11.8. The van der Waals surface area contributed by atoms with Gasteiger partial charge in [0.05, 0.1) is 18.8 Å². The van der Waals surface area contributed by atoms with Gasteiger partial charge in [0.2, 0.25) is 5.91 Å². The minimum Gasteiger partial charge on any atom is -0.478 e. The number of fused-ring (bicyclic) bond motifs is 1. The van der Waals surface area contributed by atoms with E-state index >= 15 is 0 Å². The van der Waals surface area contributed by atoms with Crippen molar-refractivity contribution in [3.8, 4) is 0 Å². The Bertz CT molecular complexity index is 507. The molecule has 1 aliphatic heterocycles. The number of nitrogens with one attached hydrogen (secondary N) is 1. The molecule has 0 atom stereocenters. The zero-order chi connectivity index (χ0) is 14.0. The van der Waals surface area contributed by atoms with Crippen molar-refractivity contribution in [2.24, 2.45) is 5.92 Å². The molecule has 2 heterocycles. The van der Waals surface area contributed by atoms with Crippen LogP contribution in [-0.4, -0.2) is 23.6 Å². The molecule has 0 saturated heterocycles. The molecule has 1 amide bonds. The average Bonchev–Trinajstić information content (AvgIpc) is 2.64. The normalized spacial score (nSPS) is 14.3. The molecule has 6 heteroatoms. The summed E-state index contributed by atoms with van der Waals surface area (Å²) >= 11 is 1.31. The summed E-state index contributed by atoms with van der Waals surface area (Å²) in [6.45, 7) is 4.86. The molecule has 2 rings (SSSR count). The van der Waals surface area contributed by atoms with Crippen LogP contribution in [0.15, 0.2) is 0 Å². The van der Waals surface area contributed by atoms with Gasteiger partial charge < -0.3 is 15.2 Å². The molecule has 104 valence electrons. The van der Waals surface area contributed by atoms with Gasteiger partial charge in [-0.2, -0.15) is 0 Å². The second kappa shape index (κ2) is 5.71. The van der Waals surface area contributed by atoms with Crippen molar-refractivity contribution in [1.82, 2.24) is 0 Å². The number of aromatic carboxylic acids is 1. The van der Waals surface area contributed by atoms with Gasteiger partial charge in [-0.3, -0.25) is 4.79 Å². The maximum absolute atomic E-state index is 11.8. The second-order valence-electron chi connectivity index (χ2n) is 4.96. The number of carbonyl (C=O) groups is 2. The van der Waals surface area contributed by atoms with E-state index in [-0.39, 0.29) is 17.4 Å². The monoisotopic (exact) mass is 283 g/mol. The predicted octanol–water partition coefficient (Wildman–Crippen LogP) is 2.50. The summed E-state index contributed by atoms with van der Waals surface area (Å²) in [6, 6.07) is 0. The van der Waals surface area contributed by atoms with E-state index in [1.165, 1.54) is 11.3 Å². The van der Waals surface area contributed by atoms with Gasteiger partial charge in [0, 0.05) is 11.3 Å². The quantitative estimate of drug-likeness (QED) is 0.890. The van der Waals surface area contributed by atoms with Crippen molar-refractivity contribution in [2.45, 2.75) is 33.3 Å². The maximum Gasteiger partial charge on any atom is 0.339 e. The summed E-state index contributed by atoms with van der Waals surface area (Å²) in [7, 11) is 0. The molecule has 0 fully saturated rings. The highest BCUT2D eigenvalue weighted by Crippen LogP contribution is 2.36. The zero-order valence-electron chi connectivity index (χ0n) is 11.0. The Balaban J connectivity index is 2.27. The molecular weight excluding hydrogens is 266 g/mol. The molecule has 2 N–H and O–H groups in total. The molecule has 1 aromatic rings. The van der Waals surface area contributed by atoms with Crippen LogP contribution in [0.5, 0.6) is 0 Å². The molecule has 0 bridgehead atoms. The Morgan fingerprint density at radius 2 is 2.21 bits per heavy atom. The molecule has 1 aliphatic rings. The van der Waals surface area contributed by atoms with E-state index in [1.807, 2.05) is 13.8 Å². The van der Waals surface area contributed by atoms with E-state index in [4.69, 9.17) is 4.74 Å². The standard InChI is InChI=1S/C13H17NO4S/c1-7(2)5-10(15)14-12-11(13(16)17)8-3-4-18-6-9(8)19-12/h7H,3-6H2,1-2H3,(H,14,15)(H,16,17). The lowest BCUT2D eigenvalue weighted by molar-refractivity contribution is -0.116. The molecule has 0 aliphatic carbocycles. The number of thiophene rings is 1. The first-order valence-corrected chi connectivity index (χ1v) is 7.06. The van der Waals surface area contributed by atoms with E-state index in [2.05, 4.69) is 5.32 Å². The first-order valence-electron chi connectivity index (χ1n) is 6.24. The number of hydrogen-bond acceptors (Lipinski definition) is 4. The van der Waals surface area contributed by atoms with Gasteiger partial charge in [-0.05, 0) is 17.9 Å². The number of ether oxygens (including phenoxy) is 1. The number of carboxylic acids is 1. The van der Waals surface area contributed by atoms with Crippen LogP contribution >= 0.6 is 11.3 Å². The van der Waals surface area contributed by atoms with Gasteiger partial charge in [0.25, 0.3) is 0 Å². The third kappa shape index (κ3) is 3.13. The first kappa shape index (κ1) is 14.0. The number of rotatable bonds is 4. The summed E-state index contributed by atoms with van der Waals surface area (Å²) in [5.74, 6) is -0.887. The van der Waals surface area contributed by atoms with Crippen LogP contribution in [0.1, 0.15) is 41.1 Å². The van der Waals surface area contributed by atoms with Gasteiger partial charge in [0.15, 0.2) is 0 Å². The van der Waals surface area contributed by atoms with Crippen LogP contribution in [0.2, 0.25) is 0 Å². The topological polar surface area (TPSA) is 75.6 Å². The molecule has 0 unspecified atom stereocenters. The highest BCUT2D eigenvalue weighted by atomic mass is 32.1. The Labute approximate surface area is 115 Å². The van der Waals surface area contributed by atoms with E-state index in [9.17, 15) is 14.7 Å². The van der Waals surface area contributed by atoms with Crippen molar-refractivity contribution in [2.75, 3.05) is 11.9 Å². The summed E-state index contributed by atoms with van der Waals surface area (Å²) < 4.78 is 5.32. The molecule has 0 radical (unpaired) electrons. The van der Waals surface area contributed by atoms with Gasteiger partial charge in [0.1, 0.15) is 5.00 Å². The van der Waals surface area contributed by atoms with Gasteiger partial charge in [-0.1, -0.05) is 13.8 Å². The highest BCUT2D eigenvalue weighted by molar-refractivity contribution is 7.17. The third-order valence-corrected chi connectivity index (χ3v) is 4.00. The molecule has 19 heavy (non-hydrogen) atoms. The van der Waals surface area contributed by atoms with Crippen molar-refractivity contribution in [1.29, 1.82) is 0 Å². The summed E-state index contributed by atoms with van der Waals surface area (Å²) in [4.78, 5) is 24.1. The fourth-order valence-electron chi connectivity index (χ4n) is 2.10. The number of anilines is 1. The van der Waals surface area contributed by atoms with Gasteiger partial charge >= 0.3 is 5.97 Å². The summed E-state index contributed by atoms with van der Waals surface area (Å²) in [5.41, 5.74) is 1.05. The fraction of sp³-hybridized carbons (Fsp3) is 0.538. The minimum atomic E-state index is -0.987. The van der Waals surface area contributed by atoms with E-state index < -0.39 is 5.97 Å². The molecule has 1 aromatic heterocycles. The van der Waals surface area contributed by atoms with Crippen LogP contribution in [0.25, 0.3) is 0 Å². The Hall–Kier alpha value is -1.40. The lowest BCUT2D eigenvalue weighted by atomic mass is 10.1. The van der Waals surface area contributed by atoms with Crippen LogP contribution in [-0.2, 0) is 22.6 Å². The molecular formula is C13H17NO4S. The summed E-state index contributed by atoms with van der Waals surface area (Å²) in [5, 5.41) is 12.5. The molecule has 0 spiro atoms. The lowest BCUT2D eigenvalue weighted by Gasteiger charge is -2.12. The number of amides is 1. The SMILES string of the molecule is CC(C)CC(=O)Nc1sc2c(c1C(=O)O)CCOC2. The average molecular weight is 283 g/mol. The van der Waals surface area contributed by atoms with Gasteiger partial charge in [-0.15, -0.1) is 11.3 Å². The molecule has 0 aromatic carbocycles.